The van der Waals surface area contributed by atoms with Crippen LogP contribution >= 0.6 is 45.2 Å². The van der Waals surface area contributed by atoms with Crippen molar-refractivity contribution in [2.24, 2.45) is 0 Å². The SMILES string of the molecule is Ic1ccccc1Cc1ccccc1I. The topological polar surface area (TPSA) is 0 Å². The molecule has 0 saturated heterocycles. The predicted octanol–water partition coefficient (Wildman–Crippen LogP) is 4.49. The predicted molar refractivity (Wildman–Crippen MR) is 81.1 cm³/mol. The van der Waals surface area contributed by atoms with Crippen molar-refractivity contribution in [2.75, 3.05) is 0 Å². The van der Waals surface area contributed by atoms with Crippen LogP contribution in [-0.2, 0) is 6.42 Å². The second-order valence-electron chi connectivity index (χ2n) is 3.36. The zero-order valence-corrected chi connectivity index (χ0v) is 12.4. The van der Waals surface area contributed by atoms with Gasteiger partial charge in [-0.05, 0) is 74.9 Å². The molecule has 0 heterocycles. The van der Waals surface area contributed by atoms with Crippen LogP contribution in [0.2, 0.25) is 0 Å². The number of hydrogen-bond donors (Lipinski definition) is 0. The Hall–Kier alpha value is -0.100. The highest BCUT2D eigenvalue weighted by Crippen LogP contribution is 2.19. The van der Waals surface area contributed by atoms with Crippen molar-refractivity contribution in [1.82, 2.24) is 0 Å². The fraction of sp³-hybridized carbons (Fsp3) is 0.0769. The molecular weight excluding hydrogens is 410 g/mol. The minimum absolute atomic E-state index is 1.03. The first kappa shape index (κ1) is 11.4. The molecule has 0 saturated carbocycles. The Morgan fingerprint density at radius 3 is 1.47 bits per heavy atom. The molecule has 0 amide bonds. The van der Waals surface area contributed by atoms with Gasteiger partial charge in [0.1, 0.15) is 0 Å². The minimum Gasteiger partial charge on any atom is -0.0619 e. The Kier molecular flexibility index (Phi) is 4.02. The van der Waals surface area contributed by atoms with Crippen LogP contribution in [0, 0.1) is 7.14 Å². The Balaban J connectivity index is 2.30. The van der Waals surface area contributed by atoms with E-state index in [-0.39, 0.29) is 0 Å². The van der Waals surface area contributed by atoms with Gasteiger partial charge in [0.15, 0.2) is 0 Å². The van der Waals surface area contributed by atoms with Crippen molar-refractivity contribution in [3.05, 3.63) is 66.8 Å². The summed E-state index contributed by atoms with van der Waals surface area (Å²) in [5.74, 6) is 0. The van der Waals surface area contributed by atoms with Gasteiger partial charge in [-0.2, -0.15) is 0 Å². The second-order valence-corrected chi connectivity index (χ2v) is 5.68. The molecule has 2 aromatic carbocycles. The summed E-state index contributed by atoms with van der Waals surface area (Å²) in [6.07, 6.45) is 1.03. The smallest absolute Gasteiger partial charge is 0.0165 e. The van der Waals surface area contributed by atoms with E-state index in [0.717, 1.165) is 6.42 Å². The summed E-state index contributed by atoms with van der Waals surface area (Å²) in [6, 6.07) is 17.1. The summed E-state index contributed by atoms with van der Waals surface area (Å²) in [5, 5.41) is 0. The molecule has 0 N–H and O–H groups in total. The zero-order valence-electron chi connectivity index (χ0n) is 8.08. The molecule has 0 fully saturated rings. The van der Waals surface area contributed by atoms with Crippen molar-refractivity contribution >= 4 is 45.2 Å². The van der Waals surface area contributed by atoms with Gasteiger partial charge in [0, 0.05) is 7.14 Å². The zero-order chi connectivity index (χ0) is 10.7. The average molecular weight is 420 g/mol. The van der Waals surface area contributed by atoms with E-state index in [1.54, 1.807) is 0 Å². The third-order valence-corrected chi connectivity index (χ3v) is 4.40. The standard InChI is InChI=1S/C13H10I2/c14-12-7-3-1-5-10(12)9-11-6-2-4-8-13(11)15/h1-8H,9H2. The Labute approximate surface area is 117 Å². The van der Waals surface area contributed by atoms with Crippen molar-refractivity contribution in [1.29, 1.82) is 0 Å². The first-order valence-electron chi connectivity index (χ1n) is 4.74. The maximum atomic E-state index is 2.40. The second kappa shape index (κ2) is 5.30. The van der Waals surface area contributed by atoms with E-state index in [1.807, 2.05) is 0 Å². The molecule has 0 atom stereocenters. The minimum atomic E-state index is 1.03. The van der Waals surface area contributed by atoms with Crippen LogP contribution in [0.3, 0.4) is 0 Å². The van der Waals surface area contributed by atoms with E-state index in [1.165, 1.54) is 18.3 Å². The molecule has 0 aliphatic heterocycles. The fourth-order valence-electron chi connectivity index (χ4n) is 1.49. The summed E-state index contributed by atoms with van der Waals surface area (Å²) in [7, 11) is 0. The summed E-state index contributed by atoms with van der Waals surface area (Å²) in [4.78, 5) is 0. The van der Waals surface area contributed by atoms with Crippen LogP contribution in [-0.4, -0.2) is 0 Å². The average Bonchev–Trinajstić information content (AvgIpc) is 2.24. The third kappa shape index (κ3) is 2.93. The molecule has 0 bridgehead atoms. The Morgan fingerprint density at radius 1 is 0.667 bits per heavy atom. The first-order valence-corrected chi connectivity index (χ1v) is 6.90. The van der Waals surface area contributed by atoms with Crippen LogP contribution in [0.25, 0.3) is 0 Å². The van der Waals surface area contributed by atoms with Crippen LogP contribution < -0.4 is 0 Å². The van der Waals surface area contributed by atoms with Gasteiger partial charge < -0.3 is 0 Å². The van der Waals surface area contributed by atoms with E-state index in [9.17, 15) is 0 Å². The highest BCUT2D eigenvalue weighted by molar-refractivity contribution is 14.1. The van der Waals surface area contributed by atoms with E-state index in [2.05, 4.69) is 93.7 Å². The number of halogens is 2. The van der Waals surface area contributed by atoms with Crippen LogP contribution in [0.4, 0.5) is 0 Å². The molecular formula is C13H10I2. The summed E-state index contributed by atoms with van der Waals surface area (Å²) in [6.45, 7) is 0. The highest BCUT2D eigenvalue weighted by atomic mass is 127. The normalized spacial score (nSPS) is 10.3. The molecule has 76 valence electrons. The monoisotopic (exact) mass is 420 g/mol. The van der Waals surface area contributed by atoms with Gasteiger partial charge in [-0.15, -0.1) is 0 Å². The van der Waals surface area contributed by atoms with Gasteiger partial charge in [0.05, 0.1) is 0 Å². The molecule has 0 nitrogen and oxygen atoms in total. The molecule has 15 heavy (non-hydrogen) atoms. The van der Waals surface area contributed by atoms with Crippen LogP contribution in [0.15, 0.2) is 48.5 Å². The van der Waals surface area contributed by atoms with E-state index < -0.39 is 0 Å². The molecule has 0 aromatic heterocycles. The Bertz CT molecular complexity index is 420. The quantitative estimate of drug-likeness (QED) is 0.629. The van der Waals surface area contributed by atoms with Gasteiger partial charge in [0.25, 0.3) is 0 Å². The van der Waals surface area contributed by atoms with E-state index in [0.29, 0.717) is 0 Å². The van der Waals surface area contributed by atoms with Crippen LogP contribution in [0.5, 0.6) is 0 Å². The van der Waals surface area contributed by atoms with Crippen molar-refractivity contribution in [2.45, 2.75) is 6.42 Å². The lowest BCUT2D eigenvalue weighted by molar-refractivity contribution is 1.16. The van der Waals surface area contributed by atoms with Crippen LogP contribution in [0.1, 0.15) is 11.1 Å². The molecule has 0 aliphatic rings. The van der Waals surface area contributed by atoms with Gasteiger partial charge >= 0.3 is 0 Å². The van der Waals surface area contributed by atoms with Gasteiger partial charge in [0.2, 0.25) is 0 Å². The summed E-state index contributed by atoms with van der Waals surface area (Å²) in [5.41, 5.74) is 2.81. The van der Waals surface area contributed by atoms with Crippen molar-refractivity contribution in [3.63, 3.8) is 0 Å². The third-order valence-electron chi connectivity index (χ3n) is 2.30. The molecule has 0 unspecified atom stereocenters. The lowest BCUT2D eigenvalue weighted by Crippen LogP contribution is -1.93. The number of hydrogen-bond acceptors (Lipinski definition) is 0. The Morgan fingerprint density at radius 2 is 1.07 bits per heavy atom. The lowest BCUT2D eigenvalue weighted by Gasteiger charge is -2.06. The molecule has 0 aliphatic carbocycles. The lowest BCUT2D eigenvalue weighted by atomic mass is 10.1. The fourth-order valence-corrected chi connectivity index (χ4v) is 2.64. The largest absolute Gasteiger partial charge is 0.0619 e. The molecule has 2 heteroatoms. The highest BCUT2D eigenvalue weighted by Gasteiger charge is 2.02. The van der Waals surface area contributed by atoms with Crippen molar-refractivity contribution < 1.29 is 0 Å². The van der Waals surface area contributed by atoms with Crippen molar-refractivity contribution in [3.8, 4) is 0 Å². The van der Waals surface area contributed by atoms with Gasteiger partial charge in [-0.3, -0.25) is 0 Å². The molecule has 2 rings (SSSR count). The molecule has 0 radical (unpaired) electrons. The summed E-state index contributed by atoms with van der Waals surface area (Å²) < 4.78 is 2.68. The number of rotatable bonds is 2. The molecule has 2 aromatic rings. The van der Waals surface area contributed by atoms with Gasteiger partial charge in [-0.25, -0.2) is 0 Å². The first-order chi connectivity index (χ1) is 7.27. The summed E-state index contributed by atoms with van der Waals surface area (Å²) >= 11 is 4.79. The van der Waals surface area contributed by atoms with E-state index in [4.69, 9.17) is 0 Å². The number of benzene rings is 2. The molecule has 0 spiro atoms. The van der Waals surface area contributed by atoms with Gasteiger partial charge in [-0.1, -0.05) is 36.4 Å². The maximum Gasteiger partial charge on any atom is 0.0165 e. The maximum absolute atomic E-state index is 2.40. The van der Waals surface area contributed by atoms with E-state index >= 15 is 0 Å².